The largest absolute Gasteiger partial charge is 0.481 e. The molecule has 23 heavy (non-hydrogen) atoms. The van der Waals surface area contributed by atoms with Gasteiger partial charge in [0.15, 0.2) is 5.78 Å². The second-order valence-corrected chi connectivity index (χ2v) is 7.67. The lowest BCUT2D eigenvalue weighted by atomic mass is 9.90. The fraction of sp³-hybridized carbons (Fsp3) is 0.824. The van der Waals surface area contributed by atoms with Crippen LogP contribution in [0, 0.1) is 11.8 Å². The van der Waals surface area contributed by atoms with Gasteiger partial charge < -0.3 is 9.84 Å². The zero-order valence-electron chi connectivity index (χ0n) is 14.8. The van der Waals surface area contributed by atoms with E-state index in [0.717, 1.165) is 6.42 Å². The molecule has 6 nitrogen and oxygen atoms in total. The van der Waals surface area contributed by atoms with Gasteiger partial charge in [0.2, 0.25) is 0 Å². The second-order valence-electron chi connectivity index (χ2n) is 7.67. The summed E-state index contributed by atoms with van der Waals surface area (Å²) in [6.07, 6.45) is 1.24. The predicted molar refractivity (Wildman–Crippen MR) is 86.2 cm³/mol. The number of hydrogen-bond donors (Lipinski definition) is 1. The maximum atomic E-state index is 12.5. The van der Waals surface area contributed by atoms with Crippen molar-refractivity contribution in [2.24, 2.45) is 11.8 Å². The Morgan fingerprint density at radius 1 is 1.26 bits per heavy atom. The first kappa shape index (κ1) is 19.5. The van der Waals surface area contributed by atoms with Gasteiger partial charge >= 0.3 is 12.1 Å². The van der Waals surface area contributed by atoms with Gasteiger partial charge in [0, 0.05) is 13.0 Å². The molecule has 0 spiro atoms. The monoisotopic (exact) mass is 327 g/mol. The molecule has 1 N–H and O–H groups in total. The molecule has 6 heteroatoms. The fourth-order valence-electron chi connectivity index (χ4n) is 2.86. The zero-order valence-corrected chi connectivity index (χ0v) is 14.8. The van der Waals surface area contributed by atoms with E-state index in [1.807, 2.05) is 13.8 Å². The number of hydrogen-bond acceptors (Lipinski definition) is 4. The Labute approximate surface area is 138 Å². The van der Waals surface area contributed by atoms with Crippen molar-refractivity contribution in [2.75, 3.05) is 6.54 Å². The van der Waals surface area contributed by atoms with E-state index < -0.39 is 29.6 Å². The molecule has 1 amide bonds. The number of Topliss-reactive ketones (excluding diaryl/α,β-unsaturated/α-hetero) is 1. The van der Waals surface area contributed by atoms with Gasteiger partial charge in [-0.2, -0.15) is 0 Å². The molecule has 0 aromatic carbocycles. The van der Waals surface area contributed by atoms with Gasteiger partial charge in [0.05, 0.1) is 12.0 Å². The number of aliphatic carboxylic acids is 1. The minimum atomic E-state index is -0.950. The van der Waals surface area contributed by atoms with Crippen LogP contribution >= 0.6 is 0 Å². The van der Waals surface area contributed by atoms with Crippen molar-refractivity contribution in [2.45, 2.75) is 71.9 Å². The predicted octanol–water partition coefficient (Wildman–Crippen LogP) is 3.09. The number of likely N-dealkylation sites (tertiary alicyclic amines) is 1. The van der Waals surface area contributed by atoms with E-state index >= 15 is 0 Å². The minimum absolute atomic E-state index is 0.0303. The summed E-state index contributed by atoms with van der Waals surface area (Å²) in [5, 5.41) is 9.28. The summed E-state index contributed by atoms with van der Waals surface area (Å²) in [7, 11) is 0. The first-order valence-corrected chi connectivity index (χ1v) is 8.26. The van der Waals surface area contributed by atoms with E-state index in [1.165, 1.54) is 4.90 Å². The number of carboxylic acids is 1. The Morgan fingerprint density at radius 2 is 1.87 bits per heavy atom. The molecule has 1 aliphatic rings. The van der Waals surface area contributed by atoms with Crippen LogP contribution in [0.15, 0.2) is 0 Å². The van der Waals surface area contributed by atoms with E-state index in [4.69, 9.17) is 4.74 Å². The molecule has 0 aromatic heterocycles. The SMILES string of the molecule is CC(C)CC(CC(=O)C1CCCN1C(=O)OC(C)(C)C)C(=O)O. The molecule has 1 fully saturated rings. The van der Waals surface area contributed by atoms with E-state index in [1.54, 1.807) is 20.8 Å². The molecule has 0 aliphatic carbocycles. The highest BCUT2D eigenvalue weighted by atomic mass is 16.6. The maximum absolute atomic E-state index is 12.5. The number of amides is 1. The number of carbonyl (C=O) groups excluding carboxylic acids is 2. The number of carbonyl (C=O) groups is 3. The summed E-state index contributed by atoms with van der Waals surface area (Å²) >= 11 is 0. The number of rotatable bonds is 6. The van der Waals surface area contributed by atoms with Crippen LogP contribution in [0.1, 0.15) is 60.3 Å². The standard InChI is InChI=1S/C17H29NO5/c1-11(2)9-12(15(20)21)10-14(19)13-7-6-8-18(13)16(22)23-17(3,4)5/h11-13H,6-10H2,1-5H3,(H,20,21). The van der Waals surface area contributed by atoms with E-state index in [9.17, 15) is 19.5 Å². The summed E-state index contributed by atoms with van der Waals surface area (Å²) in [5.41, 5.74) is -0.617. The Bertz CT molecular complexity index is 452. The Balaban J connectivity index is 2.73. The van der Waals surface area contributed by atoms with E-state index in [0.29, 0.717) is 19.4 Å². The van der Waals surface area contributed by atoms with Gasteiger partial charge in [-0.3, -0.25) is 14.5 Å². The molecule has 0 aromatic rings. The van der Waals surface area contributed by atoms with Crippen molar-refractivity contribution in [3.05, 3.63) is 0 Å². The van der Waals surface area contributed by atoms with Crippen molar-refractivity contribution in [1.82, 2.24) is 4.90 Å². The molecule has 2 unspecified atom stereocenters. The smallest absolute Gasteiger partial charge is 0.410 e. The molecule has 2 atom stereocenters. The third-order valence-electron chi connectivity index (χ3n) is 3.81. The van der Waals surface area contributed by atoms with Crippen molar-refractivity contribution >= 4 is 17.8 Å². The molecule has 0 bridgehead atoms. The van der Waals surface area contributed by atoms with Crippen LogP contribution in [0.4, 0.5) is 4.79 Å². The molecule has 0 radical (unpaired) electrons. The first-order chi connectivity index (χ1) is 10.5. The van der Waals surface area contributed by atoms with Gasteiger partial charge in [-0.15, -0.1) is 0 Å². The van der Waals surface area contributed by atoms with E-state index in [2.05, 4.69) is 0 Å². The molecule has 1 aliphatic heterocycles. The zero-order chi connectivity index (χ0) is 17.8. The Hall–Kier alpha value is -1.59. The minimum Gasteiger partial charge on any atom is -0.481 e. The van der Waals surface area contributed by atoms with Gasteiger partial charge in [-0.05, 0) is 46.0 Å². The van der Waals surface area contributed by atoms with E-state index in [-0.39, 0.29) is 18.1 Å². The number of ether oxygens (including phenoxy) is 1. The van der Waals surface area contributed by atoms with Crippen LogP contribution in [0.5, 0.6) is 0 Å². The highest BCUT2D eigenvalue weighted by Gasteiger charge is 2.37. The maximum Gasteiger partial charge on any atom is 0.410 e. The third kappa shape index (κ3) is 6.20. The molecule has 132 valence electrons. The summed E-state index contributed by atoms with van der Waals surface area (Å²) in [6, 6.07) is -0.557. The summed E-state index contributed by atoms with van der Waals surface area (Å²) in [4.78, 5) is 37.5. The average Bonchev–Trinajstić information content (AvgIpc) is 2.84. The molecule has 1 saturated heterocycles. The van der Waals surface area contributed by atoms with Gasteiger partial charge in [0.1, 0.15) is 5.60 Å². The van der Waals surface area contributed by atoms with Gasteiger partial charge in [-0.25, -0.2) is 4.79 Å². The molecular weight excluding hydrogens is 298 g/mol. The molecular formula is C17H29NO5. The number of ketones is 1. The van der Waals surface area contributed by atoms with Crippen LogP contribution in [0.2, 0.25) is 0 Å². The molecule has 1 rings (SSSR count). The second kappa shape index (κ2) is 7.79. The average molecular weight is 327 g/mol. The van der Waals surface area contributed by atoms with Crippen LogP contribution < -0.4 is 0 Å². The van der Waals surface area contributed by atoms with Crippen molar-refractivity contribution in [3.63, 3.8) is 0 Å². The summed E-state index contributed by atoms with van der Waals surface area (Å²) in [6.45, 7) is 9.68. The normalized spacial score (nSPS) is 19.7. The van der Waals surface area contributed by atoms with Crippen LogP contribution in [-0.4, -0.2) is 46.0 Å². The highest BCUT2D eigenvalue weighted by molar-refractivity contribution is 5.90. The van der Waals surface area contributed by atoms with Crippen LogP contribution in [-0.2, 0) is 14.3 Å². The lowest BCUT2D eigenvalue weighted by Gasteiger charge is -2.28. The summed E-state index contributed by atoms with van der Waals surface area (Å²) < 4.78 is 5.34. The Morgan fingerprint density at radius 3 is 2.35 bits per heavy atom. The van der Waals surface area contributed by atoms with Crippen LogP contribution in [0.25, 0.3) is 0 Å². The lowest BCUT2D eigenvalue weighted by Crippen LogP contribution is -2.44. The molecule has 1 heterocycles. The number of carboxylic acid groups (broad SMARTS) is 1. The number of nitrogens with zero attached hydrogens (tertiary/aromatic N) is 1. The van der Waals surface area contributed by atoms with Gasteiger partial charge in [0.25, 0.3) is 0 Å². The third-order valence-corrected chi connectivity index (χ3v) is 3.81. The highest BCUT2D eigenvalue weighted by Crippen LogP contribution is 2.25. The topological polar surface area (TPSA) is 83.9 Å². The Kier molecular flexibility index (Phi) is 6.59. The van der Waals surface area contributed by atoms with Crippen molar-refractivity contribution in [1.29, 1.82) is 0 Å². The lowest BCUT2D eigenvalue weighted by molar-refractivity contribution is -0.144. The van der Waals surface area contributed by atoms with Crippen molar-refractivity contribution in [3.8, 4) is 0 Å². The summed E-state index contributed by atoms with van der Waals surface area (Å²) in [5.74, 6) is -1.62. The molecule has 0 saturated carbocycles. The van der Waals surface area contributed by atoms with Crippen LogP contribution in [0.3, 0.4) is 0 Å². The van der Waals surface area contributed by atoms with Crippen molar-refractivity contribution < 1.29 is 24.2 Å². The fourth-order valence-corrected chi connectivity index (χ4v) is 2.86. The van der Waals surface area contributed by atoms with Gasteiger partial charge in [-0.1, -0.05) is 13.8 Å². The first-order valence-electron chi connectivity index (χ1n) is 8.26. The quantitative estimate of drug-likeness (QED) is 0.810.